The Morgan fingerprint density at radius 2 is 2.13 bits per heavy atom. The molecule has 0 radical (unpaired) electrons. The minimum Gasteiger partial charge on any atom is -0.358 e. The second-order valence-corrected chi connectivity index (χ2v) is 4.90. The predicted molar refractivity (Wildman–Crippen MR) is 67.8 cm³/mol. The first-order valence-corrected chi connectivity index (χ1v) is 6.00. The number of nitrogens with one attached hydrogen (secondary N) is 2. The minimum absolute atomic E-state index is 0.0601. The highest BCUT2D eigenvalue weighted by Gasteiger charge is 2.36. The zero-order chi connectivity index (χ0) is 10.8. The molecule has 0 unspecified atom stereocenters. The lowest BCUT2D eigenvalue weighted by Gasteiger charge is -2.36. The molecule has 3 nitrogen and oxygen atoms in total. The highest BCUT2D eigenvalue weighted by atomic mass is 127. The van der Waals surface area contributed by atoms with Gasteiger partial charge in [0.25, 0.3) is 0 Å². The zero-order valence-electron chi connectivity index (χ0n) is 8.46. The van der Waals surface area contributed by atoms with E-state index in [9.17, 15) is 4.79 Å². The molecule has 0 aliphatic carbocycles. The van der Waals surface area contributed by atoms with Crippen molar-refractivity contribution in [2.24, 2.45) is 0 Å². The van der Waals surface area contributed by atoms with Gasteiger partial charge in [0.15, 0.2) is 0 Å². The molecular formula is C11H13IN2O. The highest BCUT2D eigenvalue weighted by Crippen LogP contribution is 2.26. The van der Waals surface area contributed by atoms with Gasteiger partial charge in [0.05, 0.1) is 6.04 Å². The molecule has 2 N–H and O–H groups in total. The second kappa shape index (κ2) is 4.49. The summed E-state index contributed by atoms with van der Waals surface area (Å²) in [5.74, 6) is 0.395. The normalized spacial score (nSPS) is 24.4. The van der Waals surface area contributed by atoms with Crippen molar-refractivity contribution in [3.8, 4) is 0 Å². The van der Waals surface area contributed by atoms with Crippen LogP contribution in [0.2, 0.25) is 0 Å². The van der Waals surface area contributed by atoms with Gasteiger partial charge in [0.2, 0.25) is 5.91 Å². The average molecular weight is 316 g/mol. The van der Waals surface area contributed by atoms with Crippen LogP contribution in [0.15, 0.2) is 24.3 Å². The fraction of sp³-hybridized carbons (Fsp3) is 0.364. The minimum atomic E-state index is -0.0601. The number of hydrogen-bond acceptors (Lipinski definition) is 2. The van der Waals surface area contributed by atoms with Gasteiger partial charge in [-0.05, 0) is 40.3 Å². The van der Waals surface area contributed by atoms with Crippen LogP contribution in [-0.4, -0.2) is 25.5 Å². The Bertz CT molecular complexity index is 363. The molecule has 80 valence electrons. The zero-order valence-corrected chi connectivity index (χ0v) is 10.6. The topological polar surface area (TPSA) is 41.1 Å². The SMILES string of the molecule is CNC(=O)[C@H]1NC[C@H]1c1ccc(I)cc1. The number of benzene rings is 1. The number of amides is 1. The summed E-state index contributed by atoms with van der Waals surface area (Å²) >= 11 is 2.28. The summed E-state index contributed by atoms with van der Waals surface area (Å²) in [5.41, 5.74) is 1.24. The molecule has 0 saturated carbocycles. The maximum atomic E-state index is 11.5. The van der Waals surface area contributed by atoms with Crippen molar-refractivity contribution in [1.29, 1.82) is 0 Å². The molecule has 2 atom stereocenters. The third-order valence-electron chi connectivity index (χ3n) is 2.79. The molecule has 15 heavy (non-hydrogen) atoms. The van der Waals surface area contributed by atoms with Crippen molar-refractivity contribution >= 4 is 28.5 Å². The van der Waals surface area contributed by atoms with Crippen molar-refractivity contribution < 1.29 is 4.79 Å². The molecule has 1 heterocycles. The molecule has 1 aromatic rings. The lowest BCUT2D eigenvalue weighted by Crippen LogP contribution is -2.58. The summed E-state index contributed by atoms with van der Waals surface area (Å²) in [6.45, 7) is 0.888. The lowest BCUT2D eigenvalue weighted by molar-refractivity contribution is -0.124. The van der Waals surface area contributed by atoms with Crippen LogP contribution in [0.4, 0.5) is 0 Å². The number of likely N-dealkylation sites (N-methyl/N-ethyl adjacent to an activating group) is 1. The van der Waals surface area contributed by atoms with E-state index in [1.807, 2.05) is 0 Å². The van der Waals surface area contributed by atoms with Gasteiger partial charge in [-0.25, -0.2) is 0 Å². The van der Waals surface area contributed by atoms with E-state index < -0.39 is 0 Å². The average Bonchev–Trinajstić information content (AvgIpc) is 2.19. The van der Waals surface area contributed by atoms with Gasteiger partial charge in [-0.1, -0.05) is 12.1 Å². The first-order chi connectivity index (χ1) is 7.22. The van der Waals surface area contributed by atoms with Crippen LogP contribution in [0, 0.1) is 3.57 Å². The van der Waals surface area contributed by atoms with E-state index in [1.165, 1.54) is 9.13 Å². The first-order valence-electron chi connectivity index (χ1n) is 4.93. The van der Waals surface area contributed by atoms with Gasteiger partial charge in [0, 0.05) is 23.1 Å². The summed E-state index contributed by atoms with van der Waals surface area (Å²) in [6, 6.07) is 8.30. The van der Waals surface area contributed by atoms with Gasteiger partial charge in [-0.15, -0.1) is 0 Å². The van der Waals surface area contributed by atoms with Gasteiger partial charge in [-0.2, -0.15) is 0 Å². The molecule has 2 rings (SSSR count). The van der Waals surface area contributed by atoms with E-state index in [-0.39, 0.29) is 11.9 Å². The van der Waals surface area contributed by atoms with Crippen molar-refractivity contribution in [3.05, 3.63) is 33.4 Å². The number of carbonyl (C=O) groups excluding carboxylic acids is 1. The quantitative estimate of drug-likeness (QED) is 0.802. The molecule has 4 heteroatoms. The second-order valence-electron chi connectivity index (χ2n) is 3.66. The van der Waals surface area contributed by atoms with Crippen LogP contribution in [0.3, 0.4) is 0 Å². The molecule has 1 amide bonds. The van der Waals surface area contributed by atoms with E-state index in [0.717, 1.165) is 6.54 Å². The Morgan fingerprint density at radius 3 is 2.60 bits per heavy atom. The van der Waals surface area contributed by atoms with Gasteiger partial charge in [0.1, 0.15) is 0 Å². The fourth-order valence-electron chi connectivity index (χ4n) is 1.80. The molecule has 0 bridgehead atoms. The van der Waals surface area contributed by atoms with Gasteiger partial charge in [-0.3, -0.25) is 4.79 Å². The number of hydrogen-bond donors (Lipinski definition) is 2. The van der Waals surface area contributed by atoms with E-state index in [1.54, 1.807) is 7.05 Å². The van der Waals surface area contributed by atoms with E-state index in [0.29, 0.717) is 5.92 Å². The predicted octanol–water partition coefficient (Wildman–Crippen LogP) is 1.09. The summed E-state index contributed by atoms with van der Waals surface area (Å²) in [5, 5.41) is 5.82. The monoisotopic (exact) mass is 316 g/mol. The molecule has 1 fully saturated rings. The Balaban J connectivity index is 2.12. The first kappa shape index (κ1) is 10.9. The number of rotatable bonds is 2. The molecule has 1 aliphatic rings. The summed E-state index contributed by atoms with van der Waals surface area (Å²) in [7, 11) is 1.67. The molecule has 0 aromatic heterocycles. The summed E-state index contributed by atoms with van der Waals surface area (Å²) in [4.78, 5) is 11.5. The van der Waals surface area contributed by atoms with Crippen LogP contribution >= 0.6 is 22.6 Å². The van der Waals surface area contributed by atoms with Crippen molar-refractivity contribution in [3.63, 3.8) is 0 Å². The Labute approximate surface area is 103 Å². The summed E-state index contributed by atoms with van der Waals surface area (Å²) in [6.07, 6.45) is 0. The van der Waals surface area contributed by atoms with Crippen LogP contribution in [0.5, 0.6) is 0 Å². The van der Waals surface area contributed by atoms with Crippen molar-refractivity contribution in [2.45, 2.75) is 12.0 Å². The third kappa shape index (κ3) is 2.15. The largest absolute Gasteiger partial charge is 0.358 e. The number of carbonyl (C=O) groups is 1. The molecule has 1 aromatic carbocycles. The lowest BCUT2D eigenvalue weighted by atomic mass is 9.84. The van der Waals surface area contributed by atoms with Crippen LogP contribution in [-0.2, 0) is 4.79 Å². The van der Waals surface area contributed by atoms with Crippen LogP contribution in [0.25, 0.3) is 0 Å². The molecule has 0 spiro atoms. The van der Waals surface area contributed by atoms with Gasteiger partial charge >= 0.3 is 0 Å². The summed E-state index contributed by atoms with van der Waals surface area (Å²) < 4.78 is 1.22. The maximum absolute atomic E-state index is 11.5. The highest BCUT2D eigenvalue weighted by molar-refractivity contribution is 14.1. The van der Waals surface area contributed by atoms with Gasteiger partial charge < -0.3 is 10.6 Å². The van der Waals surface area contributed by atoms with Crippen molar-refractivity contribution in [1.82, 2.24) is 10.6 Å². The molecule has 1 saturated heterocycles. The Hall–Kier alpha value is -0.620. The Morgan fingerprint density at radius 1 is 1.47 bits per heavy atom. The van der Waals surface area contributed by atoms with Crippen LogP contribution in [0.1, 0.15) is 11.5 Å². The van der Waals surface area contributed by atoms with Crippen molar-refractivity contribution in [2.75, 3.05) is 13.6 Å². The standard InChI is InChI=1S/C11H13IN2O/c1-13-11(15)10-9(6-14-10)7-2-4-8(12)5-3-7/h2-5,9-10,14H,6H2,1H3,(H,13,15)/t9-,10-/m0/s1. The maximum Gasteiger partial charge on any atom is 0.237 e. The van der Waals surface area contributed by atoms with E-state index >= 15 is 0 Å². The number of halogens is 1. The smallest absolute Gasteiger partial charge is 0.237 e. The Kier molecular flexibility index (Phi) is 3.25. The fourth-order valence-corrected chi connectivity index (χ4v) is 2.16. The molecule has 1 aliphatic heterocycles. The van der Waals surface area contributed by atoms with E-state index in [2.05, 4.69) is 57.5 Å². The van der Waals surface area contributed by atoms with Crippen LogP contribution < -0.4 is 10.6 Å². The third-order valence-corrected chi connectivity index (χ3v) is 3.51. The molecular weight excluding hydrogens is 303 g/mol. The van der Waals surface area contributed by atoms with E-state index in [4.69, 9.17) is 0 Å².